The smallest absolute Gasteiger partial charge is 0.0886 e. The zero-order valence-corrected chi connectivity index (χ0v) is 10.4. The van der Waals surface area contributed by atoms with E-state index >= 15 is 0 Å². The van der Waals surface area contributed by atoms with E-state index in [9.17, 15) is 0 Å². The monoisotopic (exact) mass is 224 g/mol. The van der Waals surface area contributed by atoms with E-state index in [0.717, 1.165) is 22.5 Å². The SMILES string of the molecule is Cc1ccc(N=Nc2ccccc2C)c(C)c1. The Morgan fingerprint density at radius 2 is 1.35 bits per heavy atom. The summed E-state index contributed by atoms with van der Waals surface area (Å²) in [6, 6.07) is 14.2. The van der Waals surface area contributed by atoms with Gasteiger partial charge in [0.25, 0.3) is 0 Å². The average Bonchev–Trinajstić information content (AvgIpc) is 2.30. The second-order valence-electron chi connectivity index (χ2n) is 4.28. The van der Waals surface area contributed by atoms with Gasteiger partial charge < -0.3 is 0 Å². The number of hydrogen-bond acceptors (Lipinski definition) is 2. The molecule has 2 aromatic rings. The Hall–Kier alpha value is -1.96. The van der Waals surface area contributed by atoms with Gasteiger partial charge in [-0.2, -0.15) is 10.2 Å². The van der Waals surface area contributed by atoms with E-state index in [4.69, 9.17) is 0 Å². The Labute approximate surface area is 102 Å². The highest BCUT2D eigenvalue weighted by molar-refractivity contribution is 5.49. The Morgan fingerprint density at radius 1 is 0.706 bits per heavy atom. The molecule has 0 amide bonds. The van der Waals surface area contributed by atoms with Crippen molar-refractivity contribution in [2.75, 3.05) is 0 Å². The zero-order valence-electron chi connectivity index (χ0n) is 10.4. The van der Waals surface area contributed by atoms with Gasteiger partial charge >= 0.3 is 0 Å². The molecule has 86 valence electrons. The van der Waals surface area contributed by atoms with Gasteiger partial charge in [0.05, 0.1) is 11.4 Å². The fourth-order valence-corrected chi connectivity index (χ4v) is 1.70. The zero-order chi connectivity index (χ0) is 12.3. The minimum atomic E-state index is 0.924. The van der Waals surface area contributed by atoms with Crippen molar-refractivity contribution in [2.45, 2.75) is 20.8 Å². The van der Waals surface area contributed by atoms with Gasteiger partial charge in [0, 0.05) is 0 Å². The van der Waals surface area contributed by atoms with E-state index in [1.165, 1.54) is 5.56 Å². The normalized spacial score (nSPS) is 11.0. The van der Waals surface area contributed by atoms with Crippen molar-refractivity contribution < 1.29 is 0 Å². The summed E-state index contributed by atoms with van der Waals surface area (Å²) in [7, 11) is 0. The Kier molecular flexibility index (Phi) is 3.33. The molecule has 0 bridgehead atoms. The van der Waals surface area contributed by atoms with Crippen LogP contribution in [0.3, 0.4) is 0 Å². The van der Waals surface area contributed by atoms with Gasteiger partial charge in [0.15, 0.2) is 0 Å². The van der Waals surface area contributed by atoms with E-state index in [1.54, 1.807) is 0 Å². The predicted octanol–water partition coefficient (Wildman–Crippen LogP) is 5.03. The lowest BCUT2D eigenvalue weighted by Crippen LogP contribution is -1.77. The highest BCUT2D eigenvalue weighted by Gasteiger charge is 1.97. The van der Waals surface area contributed by atoms with Gasteiger partial charge in [-0.15, -0.1) is 0 Å². The third-order valence-electron chi connectivity index (χ3n) is 2.73. The van der Waals surface area contributed by atoms with Crippen LogP contribution in [0.25, 0.3) is 0 Å². The summed E-state index contributed by atoms with van der Waals surface area (Å²) in [4.78, 5) is 0. The quantitative estimate of drug-likeness (QED) is 0.639. The highest BCUT2D eigenvalue weighted by atomic mass is 15.1. The molecule has 0 unspecified atom stereocenters. The number of benzene rings is 2. The van der Waals surface area contributed by atoms with Crippen molar-refractivity contribution in [2.24, 2.45) is 10.2 Å². The maximum atomic E-state index is 4.30. The molecule has 2 aromatic carbocycles. The predicted molar refractivity (Wildman–Crippen MR) is 71.3 cm³/mol. The van der Waals surface area contributed by atoms with Crippen LogP contribution in [0.4, 0.5) is 11.4 Å². The number of nitrogens with zero attached hydrogens (tertiary/aromatic N) is 2. The molecule has 0 radical (unpaired) electrons. The molecule has 2 nitrogen and oxygen atoms in total. The largest absolute Gasteiger partial charge is 0.150 e. The minimum absolute atomic E-state index is 0.924. The molecule has 0 fully saturated rings. The first-order chi connectivity index (χ1) is 8.16. The first-order valence-corrected chi connectivity index (χ1v) is 5.71. The van der Waals surface area contributed by atoms with Crippen LogP contribution in [-0.2, 0) is 0 Å². The molecule has 2 rings (SSSR count). The molecule has 0 aliphatic heterocycles. The van der Waals surface area contributed by atoms with Gasteiger partial charge in [0.1, 0.15) is 0 Å². The second kappa shape index (κ2) is 4.91. The molecule has 2 heteroatoms. The summed E-state index contributed by atoms with van der Waals surface area (Å²) in [6.45, 7) is 6.17. The van der Waals surface area contributed by atoms with E-state index in [0.29, 0.717) is 0 Å². The lowest BCUT2D eigenvalue weighted by atomic mass is 10.1. The molecule has 0 heterocycles. The molecule has 0 saturated heterocycles. The summed E-state index contributed by atoms with van der Waals surface area (Å²) in [6.07, 6.45) is 0. The summed E-state index contributed by atoms with van der Waals surface area (Å²) in [5.74, 6) is 0. The van der Waals surface area contributed by atoms with Crippen LogP contribution < -0.4 is 0 Å². The van der Waals surface area contributed by atoms with Gasteiger partial charge in [0.2, 0.25) is 0 Å². The molecule has 0 aromatic heterocycles. The Morgan fingerprint density at radius 3 is 2.00 bits per heavy atom. The Balaban J connectivity index is 2.29. The fourth-order valence-electron chi connectivity index (χ4n) is 1.70. The molecule has 0 aliphatic rings. The molecule has 0 aliphatic carbocycles. The van der Waals surface area contributed by atoms with E-state index in [-0.39, 0.29) is 0 Å². The van der Waals surface area contributed by atoms with Crippen LogP contribution in [0.5, 0.6) is 0 Å². The van der Waals surface area contributed by atoms with Crippen molar-refractivity contribution in [3.63, 3.8) is 0 Å². The Bertz CT molecular complexity index is 557. The highest BCUT2D eigenvalue weighted by Crippen LogP contribution is 2.24. The number of rotatable bonds is 2. The topological polar surface area (TPSA) is 24.7 Å². The van der Waals surface area contributed by atoms with Gasteiger partial charge in [-0.25, -0.2) is 0 Å². The van der Waals surface area contributed by atoms with Crippen LogP contribution in [0.2, 0.25) is 0 Å². The average molecular weight is 224 g/mol. The lowest BCUT2D eigenvalue weighted by Gasteiger charge is -2.01. The van der Waals surface area contributed by atoms with Crippen molar-refractivity contribution in [1.82, 2.24) is 0 Å². The van der Waals surface area contributed by atoms with Gasteiger partial charge in [-0.3, -0.25) is 0 Å². The van der Waals surface area contributed by atoms with Crippen LogP contribution in [-0.4, -0.2) is 0 Å². The number of hydrogen-bond donors (Lipinski definition) is 0. The van der Waals surface area contributed by atoms with Crippen LogP contribution in [0.1, 0.15) is 16.7 Å². The van der Waals surface area contributed by atoms with E-state index in [2.05, 4.69) is 36.2 Å². The molecule has 0 spiro atoms. The summed E-state index contributed by atoms with van der Waals surface area (Å²) < 4.78 is 0. The first-order valence-electron chi connectivity index (χ1n) is 5.71. The minimum Gasteiger partial charge on any atom is -0.150 e. The number of aryl methyl sites for hydroxylation is 3. The molecular weight excluding hydrogens is 208 g/mol. The third kappa shape index (κ3) is 2.78. The molecule has 0 atom stereocenters. The van der Waals surface area contributed by atoms with Crippen molar-refractivity contribution in [3.05, 3.63) is 59.2 Å². The van der Waals surface area contributed by atoms with E-state index < -0.39 is 0 Å². The maximum Gasteiger partial charge on any atom is 0.0886 e. The van der Waals surface area contributed by atoms with Gasteiger partial charge in [-0.05, 0) is 44.0 Å². The van der Waals surface area contributed by atoms with Crippen LogP contribution in [0, 0.1) is 20.8 Å². The first kappa shape index (κ1) is 11.5. The summed E-state index contributed by atoms with van der Waals surface area (Å²) in [5, 5.41) is 8.59. The fraction of sp³-hybridized carbons (Fsp3) is 0.200. The molecular formula is C15H16N2. The standard InChI is InChI=1S/C15H16N2/c1-11-8-9-15(13(3)10-11)17-16-14-7-5-4-6-12(14)2/h4-10H,1-3H3. The molecule has 0 saturated carbocycles. The van der Waals surface area contributed by atoms with Crippen molar-refractivity contribution in [3.8, 4) is 0 Å². The van der Waals surface area contributed by atoms with Gasteiger partial charge in [-0.1, -0.05) is 35.9 Å². The summed E-state index contributed by atoms with van der Waals surface area (Å²) in [5.41, 5.74) is 5.40. The third-order valence-corrected chi connectivity index (χ3v) is 2.73. The molecule has 0 N–H and O–H groups in total. The number of azo groups is 1. The van der Waals surface area contributed by atoms with Crippen molar-refractivity contribution >= 4 is 11.4 Å². The molecule has 17 heavy (non-hydrogen) atoms. The van der Waals surface area contributed by atoms with Crippen molar-refractivity contribution in [1.29, 1.82) is 0 Å². The van der Waals surface area contributed by atoms with Crippen LogP contribution >= 0.6 is 0 Å². The van der Waals surface area contributed by atoms with E-state index in [1.807, 2.05) is 37.3 Å². The summed E-state index contributed by atoms with van der Waals surface area (Å²) >= 11 is 0. The second-order valence-corrected chi connectivity index (χ2v) is 4.28. The maximum absolute atomic E-state index is 4.30. The lowest BCUT2D eigenvalue weighted by molar-refractivity contribution is 1.19. The van der Waals surface area contributed by atoms with Crippen LogP contribution in [0.15, 0.2) is 52.7 Å².